The van der Waals surface area contributed by atoms with Crippen LogP contribution in [0.4, 0.5) is 5.13 Å². The summed E-state index contributed by atoms with van der Waals surface area (Å²) in [7, 11) is 2.89. The summed E-state index contributed by atoms with van der Waals surface area (Å²) in [4.78, 5) is 28.1. The third kappa shape index (κ3) is 3.33. The number of esters is 1. The standard InChI is InChI=1S/C16H16N2O5S/c1-21-11-4-3-9-5-10(8-23-12(9)6-11)14(19)18-16-17-7-13(24-16)15(20)22-2/h3-4,6-7,10H,5,8H2,1-2H3,(H,17,18,19)/t10-/m1/s1. The zero-order valence-electron chi connectivity index (χ0n) is 13.2. The van der Waals surface area contributed by atoms with Crippen molar-refractivity contribution in [2.45, 2.75) is 6.42 Å². The SMILES string of the molecule is COC(=O)c1cnc(NC(=O)[C@H]2COc3cc(OC)ccc3C2)s1. The van der Waals surface area contributed by atoms with Crippen molar-refractivity contribution in [3.05, 3.63) is 34.8 Å². The summed E-state index contributed by atoms with van der Waals surface area (Å²) in [5.74, 6) is 0.464. The maximum atomic E-state index is 12.4. The first-order valence-electron chi connectivity index (χ1n) is 7.25. The number of hydrogen-bond acceptors (Lipinski definition) is 7. The van der Waals surface area contributed by atoms with Gasteiger partial charge < -0.3 is 19.5 Å². The van der Waals surface area contributed by atoms with Gasteiger partial charge in [0, 0.05) is 6.07 Å². The first-order valence-corrected chi connectivity index (χ1v) is 8.07. The fourth-order valence-corrected chi connectivity index (χ4v) is 3.12. The van der Waals surface area contributed by atoms with E-state index in [1.54, 1.807) is 7.11 Å². The van der Waals surface area contributed by atoms with Crippen molar-refractivity contribution in [1.29, 1.82) is 0 Å². The van der Waals surface area contributed by atoms with Crippen LogP contribution in [0, 0.1) is 5.92 Å². The number of rotatable bonds is 4. The molecule has 1 atom stereocenters. The van der Waals surface area contributed by atoms with E-state index in [9.17, 15) is 9.59 Å². The quantitative estimate of drug-likeness (QED) is 0.852. The second-order valence-corrected chi connectivity index (χ2v) is 6.23. The number of methoxy groups -OCH3 is 2. The van der Waals surface area contributed by atoms with E-state index in [1.807, 2.05) is 18.2 Å². The van der Waals surface area contributed by atoms with E-state index in [4.69, 9.17) is 9.47 Å². The number of carbonyl (C=O) groups is 2. The van der Waals surface area contributed by atoms with Crippen LogP contribution in [-0.4, -0.2) is 37.7 Å². The Hall–Kier alpha value is -2.61. The molecule has 1 aliphatic heterocycles. The molecule has 7 nitrogen and oxygen atoms in total. The summed E-state index contributed by atoms with van der Waals surface area (Å²) in [6, 6.07) is 5.55. The lowest BCUT2D eigenvalue weighted by Gasteiger charge is -2.24. The molecule has 0 saturated carbocycles. The van der Waals surface area contributed by atoms with Gasteiger partial charge >= 0.3 is 5.97 Å². The van der Waals surface area contributed by atoms with Gasteiger partial charge in [0.15, 0.2) is 5.13 Å². The van der Waals surface area contributed by atoms with Gasteiger partial charge in [-0.05, 0) is 18.1 Å². The Labute approximate surface area is 142 Å². The normalized spacial score (nSPS) is 15.8. The van der Waals surface area contributed by atoms with Gasteiger partial charge in [-0.2, -0.15) is 0 Å². The first kappa shape index (κ1) is 16.3. The van der Waals surface area contributed by atoms with Gasteiger partial charge in [-0.25, -0.2) is 9.78 Å². The minimum atomic E-state index is -0.475. The van der Waals surface area contributed by atoms with Gasteiger partial charge in [0.1, 0.15) is 23.0 Å². The average molecular weight is 348 g/mol. The lowest BCUT2D eigenvalue weighted by Crippen LogP contribution is -2.32. The highest BCUT2D eigenvalue weighted by Crippen LogP contribution is 2.31. The number of thiazole rings is 1. The van der Waals surface area contributed by atoms with Gasteiger partial charge in [0.25, 0.3) is 0 Å². The predicted octanol–water partition coefficient (Wildman–Crippen LogP) is 2.13. The number of hydrogen-bond donors (Lipinski definition) is 1. The number of fused-ring (bicyclic) bond motifs is 1. The Morgan fingerprint density at radius 2 is 2.21 bits per heavy atom. The second-order valence-electron chi connectivity index (χ2n) is 5.20. The molecule has 0 saturated heterocycles. The van der Waals surface area contributed by atoms with E-state index in [-0.39, 0.29) is 18.4 Å². The van der Waals surface area contributed by atoms with E-state index in [0.717, 1.165) is 28.4 Å². The van der Waals surface area contributed by atoms with E-state index in [2.05, 4.69) is 15.0 Å². The minimum absolute atomic E-state index is 0.192. The molecule has 1 aromatic heterocycles. The first-order chi connectivity index (χ1) is 11.6. The molecule has 1 amide bonds. The Kier molecular flexibility index (Phi) is 4.66. The maximum absolute atomic E-state index is 12.4. The number of ether oxygens (including phenoxy) is 3. The summed E-state index contributed by atoms with van der Waals surface area (Å²) in [5, 5.41) is 3.08. The number of amides is 1. The molecule has 1 N–H and O–H groups in total. The maximum Gasteiger partial charge on any atom is 0.349 e. The number of anilines is 1. The van der Waals surface area contributed by atoms with Crippen molar-refractivity contribution in [1.82, 2.24) is 4.98 Å². The topological polar surface area (TPSA) is 86.8 Å². The van der Waals surface area contributed by atoms with Gasteiger partial charge in [0.05, 0.1) is 26.3 Å². The van der Waals surface area contributed by atoms with Crippen LogP contribution < -0.4 is 14.8 Å². The summed E-state index contributed by atoms with van der Waals surface area (Å²) in [5.41, 5.74) is 0.955. The highest BCUT2D eigenvalue weighted by molar-refractivity contribution is 7.17. The highest BCUT2D eigenvalue weighted by Gasteiger charge is 2.27. The van der Waals surface area contributed by atoms with Gasteiger partial charge in [-0.1, -0.05) is 17.4 Å². The van der Waals surface area contributed by atoms with Crippen molar-refractivity contribution in [3.8, 4) is 11.5 Å². The molecule has 0 aliphatic carbocycles. The number of nitrogens with one attached hydrogen (secondary N) is 1. The second kappa shape index (κ2) is 6.88. The van der Waals surface area contributed by atoms with Crippen molar-refractivity contribution in [3.63, 3.8) is 0 Å². The smallest absolute Gasteiger partial charge is 0.349 e. The van der Waals surface area contributed by atoms with Crippen molar-refractivity contribution in [2.24, 2.45) is 5.92 Å². The molecule has 1 aromatic carbocycles. The average Bonchev–Trinajstić information content (AvgIpc) is 3.08. The molecule has 0 unspecified atom stereocenters. The Morgan fingerprint density at radius 3 is 2.96 bits per heavy atom. The van der Waals surface area contributed by atoms with Crippen LogP contribution in [0.15, 0.2) is 24.4 Å². The molecular formula is C16H16N2O5S. The third-order valence-electron chi connectivity index (χ3n) is 3.67. The van der Waals surface area contributed by atoms with Crippen LogP contribution in [0.1, 0.15) is 15.2 Å². The summed E-state index contributed by atoms with van der Waals surface area (Å²) < 4.78 is 15.4. The van der Waals surface area contributed by atoms with Crippen LogP contribution in [0.3, 0.4) is 0 Å². The van der Waals surface area contributed by atoms with Gasteiger partial charge in [0.2, 0.25) is 5.91 Å². The largest absolute Gasteiger partial charge is 0.497 e. The van der Waals surface area contributed by atoms with Crippen molar-refractivity contribution < 1.29 is 23.8 Å². The lowest BCUT2D eigenvalue weighted by molar-refractivity contribution is -0.121. The van der Waals surface area contributed by atoms with Crippen LogP contribution in [0.25, 0.3) is 0 Å². The molecule has 8 heteroatoms. The molecule has 24 heavy (non-hydrogen) atoms. The lowest BCUT2D eigenvalue weighted by atomic mass is 9.96. The summed E-state index contributed by atoms with van der Waals surface area (Å²) >= 11 is 1.07. The van der Waals surface area contributed by atoms with Gasteiger partial charge in [-0.15, -0.1) is 0 Å². The number of benzene rings is 1. The fourth-order valence-electron chi connectivity index (χ4n) is 2.38. The van der Waals surface area contributed by atoms with Crippen LogP contribution in [-0.2, 0) is 16.0 Å². The Morgan fingerprint density at radius 1 is 1.38 bits per heavy atom. The van der Waals surface area contributed by atoms with E-state index < -0.39 is 5.97 Å². The molecule has 0 bridgehead atoms. The molecule has 0 spiro atoms. The van der Waals surface area contributed by atoms with Crippen LogP contribution in [0.5, 0.6) is 11.5 Å². The third-order valence-corrected chi connectivity index (χ3v) is 4.57. The van der Waals surface area contributed by atoms with Crippen LogP contribution >= 0.6 is 11.3 Å². The number of aromatic nitrogens is 1. The molecule has 2 heterocycles. The molecule has 3 rings (SSSR count). The summed E-state index contributed by atoms with van der Waals surface area (Å²) in [6.07, 6.45) is 1.95. The molecule has 126 valence electrons. The molecule has 0 fully saturated rings. The Bertz CT molecular complexity index is 774. The fraction of sp³-hybridized carbons (Fsp3) is 0.312. The van der Waals surface area contributed by atoms with Crippen molar-refractivity contribution >= 4 is 28.3 Å². The molecule has 0 radical (unpaired) electrons. The summed E-state index contributed by atoms with van der Waals surface area (Å²) in [6.45, 7) is 0.279. The zero-order valence-corrected chi connectivity index (χ0v) is 14.0. The molecule has 1 aliphatic rings. The number of nitrogens with zero attached hydrogens (tertiary/aromatic N) is 1. The predicted molar refractivity (Wildman–Crippen MR) is 87.8 cm³/mol. The Balaban J connectivity index is 1.66. The van der Waals surface area contributed by atoms with E-state index in [0.29, 0.717) is 16.4 Å². The molecule has 2 aromatic rings. The van der Waals surface area contributed by atoms with E-state index in [1.165, 1.54) is 13.3 Å². The minimum Gasteiger partial charge on any atom is -0.497 e. The highest BCUT2D eigenvalue weighted by atomic mass is 32.1. The number of carbonyl (C=O) groups excluding carboxylic acids is 2. The van der Waals surface area contributed by atoms with Crippen molar-refractivity contribution in [2.75, 3.05) is 26.1 Å². The van der Waals surface area contributed by atoms with Crippen LogP contribution in [0.2, 0.25) is 0 Å². The monoisotopic (exact) mass is 348 g/mol. The zero-order chi connectivity index (χ0) is 17.1. The van der Waals surface area contributed by atoms with Gasteiger partial charge in [-0.3, -0.25) is 4.79 Å². The van der Waals surface area contributed by atoms with E-state index >= 15 is 0 Å². The molecular weight excluding hydrogens is 332 g/mol.